The van der Waals surface area contributed by atoms with Crippen LogP contribution in [0.2, 0.25) is 0 Å². The molecular weight excluding hydrogens is 352 g/mol. The molecule has 0 unspecified atom stereocenters. The summed E-state index contributed by atoms with van der Waals surface area (Å²) in [7, 11) is -1.51. The quantitative estimate of drug-likeness (QED) is 0.826. The summed E-state index contributed by atoms with van der Waals surface area (Å²) in [5.41, 5.74) is 5.62. The lowest BCUT2D eigenvalue weighted by atomic mass is 10.0. The highest BCUT2D eigenvalue weighted by Crippen LogP contribution is 2.26. The first-order valence-electron chi connectivity index (χ1n) is 8.62. The van der Waals surface area contributed by atoms with Crippen LogP contribution in [0.15, 0.2) is 18.2 Å². The summed E-state index contributed by atoms with van der Waals surface area (Å²) < 4.78 is 32.4. The Hall–Kier alpha value is -1.90. The van der Waals surface area contributed by atoms with Gasteiger partial charge in [-0.1, -0.05) is 6.07 Å². The number of ether oxygens (including phenoxy) is 1. The van der Waals surface area contributed by atoms with Crippen LogP contribution < -0.4 is 9.46 Å². The van der Waals surface area contributed by atoms with Gasteiger partial charge in [0.15, 0.2) is 0 Å². The fraction of sp³-hybridized carbons (Fsp3) is 0.500. The van der Waals surface area contributed by atoms with Gasteiger partial charge in [0.1, 0.15) is 5.75 Å². The summed E-state index contributed by atoms with van der Waals surface area (Å²) in [5.74, 6) is 0.922. The summed E-state index contributed by atoms with van der Waals surface area (Å²) >= 11 is 0. The molecule has 1 aliphatic heterocycles. The van der Waals surface area contributed by atoms with Crippen molar-refractivity contribution in [1.29, 1.82) is 0 Å². The van der Waals surface area contributed by atoms with Crippen LogP contribution in [0.1, 0.15) is 28.1 Å². The van der Waals surface area contributed by atoms with Crippen LogP contribution in [0, 0.1) is 13.8 Å². The summed E-state index contributed by atoms with van der Waals surface area (Å²) in [6.07, 6.45) is 1.16. The van der Waals surface area contributed by atoms with Crippen LogP contribution in [-0.2, 0) is 36.2 Å². The summed E-state index contributed by atoms with van der Waals surface area (Å²) in [4.78, 5) is 2.39. The molecule has 0 radical (unpaired) electrons. The maximum atomic E-state index is 11.2. The maximum absolute atomic E-state index is 11.2. The zero-order chi connectivity index (χ0) is 18.9. The van der Waals surface area contributed by atoms with E-state index >= 15 is 0 Å². The minimum absolute atomic E-state index is 0.232. The lowest BCUT2D eigenvalue weighted by Crippen LogP contribution is -2.33. The van der Waals surface area contributed by atoms with E-state index in [-0.39, 0.29) is 6.54 Å². The molecule has 1 N–H and O–H groups in total. The van der Waals surface area contributed by atoms with E-state index in [0.717, 1.165) is 49.6 Å². The maximum Gasteiger partial charge on any atom is 0.209 e. The van der Waals surface area contributed by atoms with E-state index in [1.165, 1.54) is 16.7 Å². The Morgan fingerprint density at radius 3 is 2.69 bits per heavy atom. The smallest absolute Gasteiger partial charge is 0.209 e. The number of rotatable bonds is 6. The van der Waals surface area contributed by atoms with Crippen molar-refractivity contribution in [3.8, 4) is 5.75 Å². The van der Waals surface area contributed by atoms with Gasteiger partial charge in [-0.3, -0.25) is 9.58 Å². The predicted molar refractivity (Wildman–Crippen MR) is 100 cm³/mol. The van der Waals surface area contributed by atoms with Crippen molar-refractivity contribution in [1.82, 2.24) is 19.4 Å². The van der Waals surface area contributed by atoms with E-state index in [4.69, 9.17) is 4.74 Å². The zero-order valence-electron chi connectivity index (χ0n) is 15.7. The molecule has 0 spiro atoms. The highest BCUT2D eigenvalue weighted by Gasteiger charge is 2.20. The van der Waals surface area contributed by atoms with Gasteiger partial charge in [-0.25, -0.2) is 13.1 Å². The molecule has 2 heterocycles. The molecule has 1 aromatic carbocycles. The lowest BCUT2D eigenvalue weighted by molar-refractivity contribution is 0.204. The molecule has 26 heavy (non-hydrogen) atoms. The molecule has 2 aromatic rings. The van der Waals surface area contributed by atoms with E-state index in [2.05, 4.69) is 34.6 Å². The van der Waals surface area contributed by atoms with E-state index in [1.54, 1.807) is 7.11 Å². The molecule has 0 bridgehead atoms. The number of sulfonamides is 1. The van der Waals surface area contributed by atoms with Crippen LogP contribution in [-0.4, -0.2) is 43.0 Å². The van der Waals surface area contributed by atoms with Gasteiger partial charge in [0.25, 0.3) is 0 Å². The van der Waals surface area contributed by atoms with Crippen LogP contribution in [0.25, 0.3) is 0 Å². The van der Waals surface area contributed by atoms with Crippen molar-refractivity contribution in [2.75, 3.05) is 19.9 Å². The first kappa shape index (κ1) is 18.9. The fourth-order valence-electron chi connectivity index (χ4n) is 3.29. The number of hydrogen-bond donors (Lipinski definition) is 1. The second-order valence-corrected chi connectivity index (χ2v) is 8.66. The molecule has 0 fully saturated rings. The number of methoxy groups -OCH3 is 1. The van der Waals surface area contributed by atoms with Gasteiger partial charge in [-0.2, -0.15) is 5.10 Å². The standard InChI is InChI=1S/C18H26N4O3S/c1-13-14(2)18(25-3)6-5-15(13)11-21-7-8-22-17(12-21)9-16(20-22)10-19-26(4,23)24/h5-6,9,19H,7-8,10-12H2,1-4H3. The SMILES string of the molecule is COc1ccc(CN2CCn3nc(CNS(C)(=O)=O)cc3C2)c(C)c1C. The van der Waals surface area contributed by atoms with Crippen molar-refractivity contribution >= 4 is 10.0 Å². The average molecular weight is 378 g/mol. The van der Waals surface area contributed by atoms with Crippen LogP contribution >= 0.6 is 0 Å². The fourth-order valence-corrected chi connectivity index (χ4v) is 3.70. The Kier molecular flexibility index (Phi) is 5.36. The Morgan fingerprint density at radius 2 is 2.00 bits per heavy atom. The van der Waals surface area contributed by atoms with Crippen molar-refractivity contribution in [2.45, 2.75) is 40.0 Å². The summed E-state index contributed by atoms with van der Waals surface area (Å²) in [6.45, 7) is 7.85. The number of hydrogen-bond acceptors (Lipinski definition) is 5. The van der Waals surface area contributed by atoms with E-state index in [9.17, 15) is 8.42 Å². The average Bonchev–Trinajstić information content (AvgIpc) is 2.99. The van der Waals surface area contributed by atoms with Crippen LogP contribution in [0.3, 0.4) is 0 Å². The Labute approximate surface area is 155 Å². The molecule has 8 heteroatoms. The zero-order valence-corrected chi connectivity index (χ0v) is 16.6. The number of fused-ring (bicyclic) bond motifs is 1. The van der Waals surface area contributed by atoms with E-state index in [1.807, 2.05) is 16.8 Å². The third kappa shape index (κ3) is 4.25. The highest BCUT2D eigenvalue weighted by atomic mass is 32.2. The van der Waals surface area contributed by atoms with Gasteiger partial charge in [0, 0.05) is 19.6 Å². The minimum Gasteiger partial charge on any atom is -0.496 e. The third-order valence-corrected chi connectivity index (χ3v) is 5.58. The van der Waals surface area contributed by atoms with Gasteiger partial charge in [0.2, 0.25) is 10.0 Å². The van der Waals surface area contributed by atoms with Gasteiger partial charge in [-0.05, 0) is 42.7 Å². The van der Waals surface area contributed by atoms with Crippen LogP contribution in [0.4, 0.5) is 0 Å². The number of nitrogens with zero attached hydrogens (tertiary/aromatic N) is 3. The molecule has 0 saturated carbocycles. The third-order valence-electron chi connectivity index (χ3n) is 4.91. The first-order chi connectivity index (χ1) is 12.3. The molecule has 0 saturated heterocycles. The van der Waals surface area contributed by atoms with Gasteiger partial charge in [-0.15, -0.1) is 0 Å². The molecule has 7 nitrogen and oxygen atoms in total. The number of aromatic nitrogens is 2. The largest absolute Gasteiger partial charge is 0.496 e. The predicted octanol–water partition coefficient (Wildman–Crippen LogP) is 1.57. The second-order valence-electron chi connectivity index (χ2n) is 6.83. The molecule has 0 aliphatic carbocycles. The molecule has 3 rings (SSSR count). The van der Waals surface area contributed by atoms with Crippen molar-refractivity contribution in [3.05, 3.63) is 46.3 Å². The highest BCUT2D eigenvalue weighted by molar-refractivity contribution is 7.88. The number of nitrogens with one attached hydrogen (secondary N) is 1. The molecule has 1 aliphatic rings. The van der Waals surface area contributed by atoms with E-state index < -0.39 is 10.0 Å². The Morgan fingerprint density at radius 1 is 1.23 bits per heavy atom. The first-order valence-corrected chi connectivity index (χ1v) is 10.5. The Balaban J connectivity index is 1.69. The van der Waals surface area contributed by atoms with E-state index in [0.29, 0.717) is 0 Å². The summed E-state index contributed by atoms with van der Waals surface area (Å²) in [5, 5.41) is 4.50. The monoisotopic (exact) mass is 378 g/mol. The van der Waals surface area contributed by atoms with Crippen LogP contribution in [0.5, 0.6) is 5.75 Å². The van der Waals surface area contributed by atoms with Gasteiger partial charge < -0.3 is 4.74 Å². The lowest BCUT2D eigenvalue weighted by Gasteiger charge is -2.28. The van der Waals surface area contributed by atoms with Gasteiger partial charge >= 0.3 is 0 Å². The second kappa shape index (κ2) is 7.38. The normalized spacial score (nSPS) is 15.1. The molecular formula is C18H26N4O3S. The number of benzene rings is 1. The molecule has 142 valence electrons. The van der Waals surface area contributed by atoms with Crippen molar-refractivity contribution in [2.24, 2.45) is 0 Å². The molecule has 1 aromatic heterocycles. The van der Waals surface area contributed by atoms with Gasteiger partial charge in [0.05, 0.1) is 37.8 Å². The molecule has 0 atom stereocenters. The topological polar surface area (TPSA) is 76.5 Å². The molecule has 0 amide bonds. The Bertz CT molecular complexity index is 905. The van der Waals surface area contributed by atoms with Crippen molar-refractivity contribution < 1.29 is 13.2 Å². The summed E-state index contributed by atoms with van der Waals surface area (Å²) in [6, 6.07) is 6.14. The minimum atomic E-state index is -3.21. The van der Waals surface area contributed by atoms with Crippen molar-refractivity contribution in [3.63, 3.8) is 0 Å².